The van der Waals surface area contributed by atoms with Crippen LogP contribution in [0.25, 0.3) is 10.2 Å². The summed E-state index contributed by atoms with van der Waals surface area (Å²) in [5.74, 6) is 2.09. The Hall–Kier alpha value is -3.36. The van der Waals surface area contributed by atoms with E-state index in [9.17, 15) is 0 Å². The Labute approximate surface area is 198 Å². The van der Waals surface area contributed by atoms with E-state index >= 15 is 0 Å². The van der Waals surface area contributed by atoms with Crippen molar-refractivity contribution >= 4 is 50.4 Å². The second-order valence-corrected chi connectivity index (χ2v) is 9.24. The molecular weight excluding hydrogens is 432 g/mol. The van der Waals surface area contributed by atoms with Crippen molar-refractivity contribution in [2.45, 2.75) is 6.92 Å². The summed E-state index contributed by atoms with van der Waals surface area (Å²) in [6.07, 6.45) is 0. The van der Waals surface area contributed by atoms with Crippen molar-refractivity contribution in [2.75, 3.05) is 55.9 Å². The van der Waals surface area contributed by atoms with Crippen LogP contribution in [0.15, 0.2) is 53.9 Å². The highest BCUT2D eigenvalue weighted by molar-refractivity contribution is 7.17. The number of nitrogens with one attached hydrogen (secondary N) is 2. The SMILES string of the molecule is COc1cc(N2CCN(C)CC2)ccc1Nc1nc(Nc2cccc(C)c2)c2sccc2n1. The molecule has 1 aliphatic heterocycles. The molecule has 1 saturated heterocycles. The first-order valence-electron chi connectivity index (χ1n) is 11.1. The molecule has 33 heavy (non-hydrogen) atoms. The van der Waals surface area contributed by atoms with Gasteiger partial charge in [0.2, 0.25) is 5.95 Å². The van der Waals surface area contributed by atoms with Crippen LogP contribution < -0.4 is 20.3 Å². The molecule has 1 fully saturated rings. The van der Waals surface area contributed by atoms with Gasteiger partial charge in [-0.3, -0.25) is 0 Å². The number of methoxy groups -OCH3 is 1. The van der Waals surface area contributed by atoms with Gasteiger partial charge in [0.25, 0.3) is 0 Å². The van der Waals surface area contributed by atoms with Gasteiger partial charge in [0.15, 0.2) is 5.82 Å². The lowest BCUT2D eigenvalue weighted by Crippen LogP contribution is -2.44. The van der Waals surface area contributed by atoms with Gasteiger partial charge < -0.3 is 25.2 Å². The molecule has 0 unspecified atom stereocenters. The van der Waals surface area contributed by atoms with Crippen molar-refractivity contribution in [2.24, 2.45) is 0 Å². The van der Waals surface area contributed by atoms with Crippen LogP contribution in [0.2, 0.25) is 0 Å². The van der Waals surface area contributed by atoms with Gasteiger partial charge in [-0.05, 0) is 55.2 Å². The summed E-state index contributed by atoms with van der Waals surface area (Å²) in [5, 5.41) is 8.87. The Morgan fingerprint density at radius 1 is 0.970 bits per heavy atom. The third-order valence-electron chi connectivity index (χ3n) is 5.88. The number of aryl methyl sites for hydroxylation is 1. The number of hydrogen-bond acceptors (Lipinski definition) is 8. The molecule has 0 bridgehead atoms. The van der Waals surface area contributed by atoms with Gasteiger partial charge in [0.1, 0.15) is 5.75 Å². The van der Waals surface area contributed by atoms with Crippen LogP contribution >= 0.6 is 11.3 Å². The molecule has 7 nitrogen and oxygen atoms in total. The highest BCUT2D eigenvalue weighted by Gasteiger charge is 2.17. The molecule has 2 N–H and O–H groups in total. The van der Waals surface area contributed by atoms with Gasteiger partial charge >= 0.3 is 0 Å². The molecule has 2 aromatic carbocycles. The van der Waals surface area contributed by atoms with Crippen molar-refractivity contribution in [3.05, 3.63) is 59.5 Å². The van der Waals surface area contributed by atoms with E-state index in [4.69, 9.17) is 14.7 Å². The van der Waals surface area contributed by atoms with Crippen molar-refractivity contribution in [1.29, 1.82) is 0 Å². The third-order valence-corrected chi connectivity index (χ3v) is 6.79. The van der Waals surface area contributed by atoms with Gasteiger partial charge in [-0.1, -0.05) is 12.1 Å². The second kappa shape index (κ2) is 9.25. The number of rotatable bonds is 6. The number of hydrogen-bond donors (Lipinski definition) is 2. The molecule has 8 heteroatoms. The first-order chi connectivity index (χ1) is 16.1. The van der Waals surface area contributed by atoms with Crippen LogP contribution in [-0.2, 0) is 0 Å². The topological polar surface area (TPSA) is 65.6 Å². The fourth-order valence-corrected chi connectivity index (χ4v) is 4.80. The van der Waals surface area contributed by atoms with Crippen molar-refractivity contribution in [3.63, 3.8) is 0 Å². The molecule has 3 heterocycles. The number of aromatic nitrogens is 2. The number of anilines is 5. The van der Waals surface area contributed by atoms with E-state index in [1.54, 1.807) is 18.4 Å². The molecule has 5 rings (SSSR count). The quantitative estimate of drug-likeness (QED) is 0.407. The Morgan fingerprint density at radius 2 is 1.82 bits per heavy atom. The Morgan fingerprint density at radius 3 is 2.61 bits per heavy atom. The summed E-state index contributed by atoms with van der Waals surface area (Å²) in [4.78, 5) is 14.3. The Kier molecular flexibility index (Phi) is 6.02. The van der Waals surface area contributed by atoms with E-state index in [1.165, 1.54) is 11.3 Å². The fourth-order valence-electron chi connectivity index (χ4n) is 4.03. The number of nitrogens with zero attached hydrogens (tertiary/aromatic N) is 4. The maximum Gasteiger partial charge on any atom is 0.229 e. The van der Waals surface area contributed by atoms with E-state index in [2.05, 4.69) is 58.7 Å². The van der Waals surface area contributed by atoms with Crippen LogP contribution in [0.1, 0.15) is 5.56 Å². The maximum atomic E-state index is 5.71. The van der Waals surface area contributed by atoms with E-state index in [-0.39, 0.29) is 0 Å². The number of benzene rings is 2. The number of fused-ring (bicyclic) bond motifs is 1. The normalized spacial score (nSPS) is 14.5. The summed E-state index contributed by atoms with van der Waals surface area (Å²) in [6, 6.07) is 16.5. The van der Waals surface area contributed by atoms with Crippen LogP contribution in [0.3, 0.4) is 0 Å². The first-order valence-corrected chi connectivity index (χ1v) is 11.9. The average molecular weight is 461 g/mol. The number of ether oxygens (including phenoxy) is 1. The maximum absolute atomic E-state index is 5.71. The summed E-state index contributed by atoms with van der Waals surface area (Å²) in [5.41, 5.74) is 5.11. The van der Waals surface area contributed by atoms with E-state index in [0.29, 0.717) is 5.95 Å². The molecule has 0 aliphatic carbocycles. The van der Waals surface area contributed by atoms with Gasteiger partial charge in [0.05, 0.1) is 23.0 Å². The summed E-state index contributed by atoms with van der Waals surface area (Å²) < 4.78 is 6.74. The van der Waals surface area contributed by atoms with E-state index < -0.39 is 0 Å². The minimum atomic E-state index is 0.529. The Balaban J connectivity index is 1.43. The lowest BCUT2D eigenvalue weighted by atomic mass is 10.2. The zero-order valence-electron chi connectivity index (χ0n) is 19.1. The third kappa shape index (κ3) is 4.72. The summed E-state index contributed by atoms with van der Waals surface area (Å²) in [6.45, 7) is 6.23. The molecule has 170 valence electrons. The highest BCUT2D eigenvalue weighted by atomic mass is 32.1. The summed E-state index contributed by atoms with van der Waals surface area (Å²) in [7, 11) is 3.86. The lowest BCUT2D eigenvalue weighted by Gasteiger charge is -2.34. The average Bonchev–Trinajstić information content (AvgIpc) is 3.29. The molecule has 0 saturated carbocycles. The van der Waals surface area contributed by atoms with E-state index in [0.717, 1.165) is 59.3 Å². The lowest BCUT2D eigenvalue weighted by molar-refractivity contribution is 0.312. The van der Waals surface area contributed by atoms with Crippen molar-refractivity contribution in [3.8, 4) is 5.75 Å². The molecule has 0 atom stereocenters. The molecule has 0 spiro atoms. The molecule has 0 radical (unpaired) electrons. The van der Waals surface area contributed by atoms with Gasteiger partial charge in [-0.25, -0.2) is 4.98 Å². The van der Waals surface area contributed by atoms with Gasteiger partial charge in [-0.2, -0.15) is 4.98 Å². The predicted molar refractivity (Wildman–Crippen MR) is 138 cm³/mol. The molecule has 2 aromatic heterocycles. The minimum Gasteiger partial charge on any atom is -0.494 e. The van der Waals surface area contributed by atoms with Crippen molar-refractivity contribution in [1.82, 2.24) is 14.9 Å². The smallest absolute Gasteiger partial charge is 0.229 e. The Bertz CT molecular complexity index is 1260. The number of thiophene rings is 1. The van der Waals surface area contributed by atoms with Crippen LogP contribution in [-0.4, -0.2) is 55.2 Å². The molecule has 4 aromatic rings. The molecule has 0 amide bonds. The van der Waals surface area contributed by atoms with Gasteiger partial charge in [-0.15, -0.1) is 11.3 Å². The monoisotopic (exact) mass is 460 g/mol. The first kappa shape index (κ1) is 21.5. The predicted octanol–water partition coefficient (Wildman–Crippen LogP) is 5.25. The van der Waals surface area contributed by atoms with Crippen molar-refractivity contribution < 1.29 is 4.74 Å². The summed E-state index contributed by atoms with van der Waals surface area (Å²) >= 11 is 1.63. The van der Waals surface area contributed by atoms with Crippen LogP contribution in [0.4, 0.5) is 28.8 Å². The zero-order chi connectivity index (χ0) is 22.8. The van der Waals surface area contributed by atoms with Crippen LogP contribution in [0, 0.1) is 6.92 Å². The molecule has 1 aliphatic rings. The number of likely N-dealkylation sites (N-methyl/N-ethyl adjacent to an activating group) is 1. The van der Waals surface area contributed by atoms with Crippen LogP contribution in [0.5, 0.6) is 5.75 Å². The highest BCUT2D eigenvalue weighted by Crippen LogP contribution is 2.34. The molecular formula is C25H28N6OS. The minimum absolute atomic E-state index is 0.529. The zero-order valence-corrected chi connectivity index (χ0v) is 19.9. The van der Waals surface area contributed by atoms with Gasteiger partial charge in [0, 0.05) is 43.6 Å². The fraction of sp³-hybridized carbons (Fsp3) is 0.280. The largest absolute Gasteiger partial charge is 0.494 e. The van der Waals surface area contributed by atoms with E-state index in [1.807, 2.05) is 29.6 Å². The second-order valence-electron chi connectivity index (χ2n) is 8.33. The standard InChI is InChI=1S/C25H28N6OS/c1-17-5-4-6-18(15-17)26-24-23-21(9-14-33-23)28-25(29-24)27-20-8-7-19(16-22(20)32-3)31-12-10-30(2)11-13-31/h4-9,14-16H,10-13H2,1-3H3,(H2,26,27,28,29). The number of piperazine rings is 1.